The van der Waals surface area contributed by atoms with E-state index >= 15 is 0 Å². The van der Waals surface area contributed by atoms with Crippen LogP contribution in [0, 0.1) is 5.82 Å². The molecule has 0 spiro atoms. The van der Waals surface area contributed by atoms with Crippen molar-refractivity contribution in [1.29, 1.82) is 0 Å². The summed E-state index contributed by atoms with van der Waals surface area (Å²) in [7, 11) is 0. The van der Waals surface area contributed by atoms with E-state index in [1.807, 2.05) is 38.1 Å². The van der Waals surface area contributed by atoms with Crippen LogP contribution in [0.2, 0.25) is 5.02 Å². The van der Waals surface area contributed by atoms with Crippen molar-refractivity contribution in [2.45, 2.75) is 25.9 Å². The predicted octanol–water partition coefficient (Wildman–Crippen LogP) is 5.65. The molecular formula is C16H16BrClFN. The van der Waals surface area contributed by atoms with Gasteiger partial charge >= 0.3 is 0 Å². The lowest BCUT2D eigenvalue weighted by molar-refractivity contribution is 0.474. The van der Waals surface area contributed by atoms with Crippen molar-refractivity contribution in [3.05, 3.63) is 68.9 Å². The Morgan fingerprint density at radius 2 is 1.70 bits per heavy atom. The maximum absolute atomic E-state index is 13.8. The van der Waals surface area contributed by atoms with Crippen LogP contribution in [0.5, 0.6) is 0 Å². The molecule has 0 aliphatic carbocycles. The summed E-state index contributed by atoms with van der Waals surface area (Å²) in [4.78, 5) is 0. The summed E-state index contributed by atoms with van der Waals surface area (Å²) in [5, 5.41) is 4.07. The molecule has 0 heterocycles. The molecule has 0 bridgehead atoms. The first-order chi connectivity index (χ1) is 9.49. The average molecular weight is 357 g/mol. The lowest BCUT2D eigenvalue weighted by Gasteiger charge is -2.22. The van der Waals surface area contributed by atoms with Crippen molar-refractivity contribution >= 4 is 27.5 Å². The Labute approximate surface area is 132 Å². The molecule has 20 heavy (non-hydrogen) atoms. The molecule has 1 N–H and O–H groups in total. The third-order valence-electron chi connectivity index (χ3n) is 3.30. The highest BCUT2D eigenvalue weighted by Gasteiger charge is 2.15. The van der Waals surface area contributed by atoms with E-state index in [1.165, 1.54) is 6.07 Å². The van der Waals surface area contributed by atoms with Crippen LogP contribution in [0.1, 0.15) is 37.1 Å². The number of benzene rings is 2. The van der Waals surface area contributed by atoms with Gasteiger partial charge in [0.05, 0.1) is 0 Å². The van der Waals surface area contributed by atoms with Crippen LogP contribution in [0.15, 0.2) is 46.9 Å². The summed E-state index contributed by atoms with van der Waals surface area (Å²) >= 11 is 9.63. The maximum Gasteiger partial charge on any atom is 0.127 e. The van der Waals surface area contributed by atoms with E-state index in [2.05, 4.69) is 21.2 Å². The molecule has 2 aromatic rings. The van der Waals surface area contributed by atoms with Crippen molar-refractivity contribution in [3.63, 3.8) is 0 Å². The fourth-order valence-corrected chi connectivity index (χ4v) is 3.07. The van der Waals surface area contributed by atoms with Crippen LogP contribution < -0.4 is 5.32 Å². The normalized spacial score (nSPS) is 14.1. The first-order valence-corrected chi connectivity index (χ1v) is 7.61. The molecule has 2 rings (SSSR count). The van der Waals surface area contributed by atoms with Crippen molar-refractivity contribution < 1.29 is 4.39 Å². The smallest absolute Gasteiger partial charge is 0.127 e. The van der Waals surface area contributed by atoms with E-state index in [9.17, 15) is 4.39 Å². The molecule has 2 aromatic carbocycles. The number of hydrogen-bond donors (Lipinski definition) is 1. The second kappa shape index (κ2) is 6.70. The molecule has 0 aliphatic heterocycles. The highest BCUT2D eigenvalue weighted by atomic mass is 79.9. The lowest BCUT2D eigenvalue weighted by atomic mass is 10.0. The number of rotatable bonds is 4. The highest BCUT2D eigenvalue weighted by molar-refractivity contribution is 9.10. The Morgan fingerprint density at radius 3 is 2.35 bits per heavy atom. The molecule has 106 valence electrons. The molecule has 2 unspecified atom stereocenters. The molecule has 0 aliphatic rings. The fourth-order valence-electron chi connectivity index (χ4n) is 2.23. The van der Waals surface area contributed by atoms with Gasteiger partial charge in [0.2, 0.25) is 0 Å². The van der Waals surface area contributed by atoms with Gasteiger partial charge in [-0.2, -0.15) is 0 Å². The minimum absolute atomic E-state index is 0.0326. The Kier molecular flexibility index (Phi) is 5.19. The van der Waals surface area contributed by atoms with Crippen molar-refractivity contribution in [2.24, 2.45) is 0 Å². The van der Waals surface area contributed by atoms with Gasteiger partial charge in [-0.25, -0.2) is 4.39 Å². The van der Waals surface area contributed by atoms with Gasteiger partial charge < -0.3 is 5.32 Å². The van der Waals surface area contributed by atoms with Gasteiger partial charge in [-0.1, -0.05) is 51.8 Å². The van der Waals surface area contributed by atoms with Gasteiger partial charge in [-0.15, -0.1) is 0 Å². The Hall–Kier alpha value is -0.900. The SMILES string of the molecule is CC(NC(C)c1ccc(Br)cc1Cl)c1ccccc1F. The second-order valence-electron chi connectivity index (χ2n) is 4.80. The van der Waals surface area contributed by atoms with E-state index < -0.39 is 0 Å². The Bertz CT molecular complexity index is 603. The molecule has 0 saturated heterocycles. The van der Waals surface area contributed by atoms with Crippen LogP contribution in [0.25, 0.3) is 0 Å². The van der Waals surface area contributed by atoms with E-state index in [4.69, 9.17) is 11.6 Å². The van der Waals surface area contributed by atoms with Crippen LogP contribution in [0.4, 0.5) is 4.39 Å². The number of hydrogen-bond acceptors (Lipinski definition) is 1. The summed E-state index contributed by atoms with van der Waals surface area (Å²) in [5.41, 5.74) is 1.66. The van der Waals surface area contributed by atoms with Gasteiger partial charge in [0, 0.05) is 27.1 Å². The summed E-state index contributed by atoms with van der Waals surface area (Å²) in [6.45, 7) is 3.97. The lowest BCUT2D eigenvalue weighted by Crippen LogP contribution is -2.23. The minimum atomic E-state index is -0.193. The zero-order valence-electron chi connectivity index (χ0n) is 11.3. The average Bonchev–Trinajstić information content (AvgIpc) is 2.38. The monoisotopic (exact) mass is 355 g/mol. The van der Waals surface area contributed by atoms with Crippen LogP contribution in [-0.4, -0.2) is 0 Å². The Morgan fingerprint density at radius 1 is 1.05 bits per heavy atom. The van der Waals surface area contributed by atoms with Crippen molar-refractivity contribution in [1.82, 2.24) is 5.32 Å². The van der Waals surface area contributed by atoms with Crippen LogP contribution in [0.3, 0.4) is 0 Å². The summed E-state index contributed by atoms with van der Waals surface area (Å²) in [6.07, 6.45) is 0. The van der Waals surface area contributed by atoms with Crippen LogP contribution in [-0.2, 0) is 0 Å². The molecule has 1 nitrogen and oxygen atoms in total. The fraction of sp³-hybridized carbons (Fsp3) is 0.250. The molecule has 0 amide bonds. The van der Waals surface area contributed by atoms with Gasteiger partial charge in [-0.05, 0) is 37.6 Å². The minimum Gasteiger partial charge on any atom is -0.303 e. The summed E-state index contributed by atoms with van der Waals surface area (Å²) in [5.74, 6) is -0.193. The highest BCUT2D eigenvalue weighted by Crippen LogP contribution is 2.28. The third kappa shape index (κ3) is 3.60. The third-order valence-corrected chi connectivity index (χ3v) is 4.12. The molecular weight excluding hydrogens is 341 g/mol. The van der Waals surface area contributed by atoms with E-state index in [0.29, 0.717) is 10.6 Å². The molecule has 0 radical (unpaired) electrons. The predicted molar refractivity (Wildman–Crippen MR) is 85.5 cm³/mol. The molecule has 2 atom stereocenters. The van der Waals surface area contributed by atoms with E-state index in [1.54, 1.807) is 12.1 Å². The molecule has 0 aromatic heterocycles. The van der Waals surface area contributed by atoms with Gasteiger partial charge in [0.1, 0.15) is 5.82 Å². The quantitative estimate of drug-likeness (QED) is 0.746. The first-order valence-electron chi connectivity index (χ1n) is 6.44. The van der Waals surface area contributed by atoms with Crippen molar-refractivity contribution in [2.75, 3.05) is 0 Å². The maximum atomic E-state index is 13.8. The summed E-state index contributed by atoms with van der Waals surface area (Å²) in [6, 6.07) is 12.5. The van der Waals surface area contributed by atoms with Crippen LogP contribution >= 0.6 is 27.5 Å². The molecule has 0 saturated carbocycles. The second-order valence-corrected chi connectivity index (χ2v) is 6.12. The van der Waals surface area contributed by atoms with Gasteiger partial charge in [0.15, 0.2) is 0 Å². The van der Waals surface area contributed by atoms with Gasteiger partial charge in [0.25, 0.3) is 0 Å². The summed E-state index contributed by atoms with van der Waals surface area (Å²) < 4.78 is 14.7. The van der Waals surface area contributed by atoms with E-state index in [0.717, 1.165) is 10.0 Å². The zero-order chi connectivity index (χ0) is 14.7. The number of nitrogens with one attached hydrogen (secondary N) is 1. The van der Waals surface area contributed by atoms with Crippen molar-refractivity contribution in [3.8, 4) is 0 Å². The van der Waals surface area contributed by atoms with Gasteiger partial charge in [-0.3, -0.25) is 0 Å². The Balaban J connectivity index is 2.15. The molecule has 4 heteroatoms. The number of halogens is 3. The van der Waals surface area contributed by atoms with E-state index in [-0.39, 0.29) is 17.9 Å². The molecule has 0 fully saturated rings. The topological polar surface area (TPSA) is 12.0 Å². The first kappa shape index (κ1) is 15.5. The largest absolute Gasteiger partial charge is 0.303 e. The zero-order valence-corrected chi connectivity index (χ0v) is 13.7. The standard InChI is InChI=1S/C16H16BrClFN/c1-10(13-8-7-12(17)9-15(13)18)20-11(2)14-5-3-4-6-16(14)19/h3-11,20H,1-2H3.